The topological polar surface area (TPSA) is 32.8 Å². The van der Waals surface area contributed by atoms with Crippen molar-refractivity contribution in [3.05, 3.63) is 88.5 Å². The van der Waals surface area contributed by atoms with Crippen LogP contribution in [0, 0.1) is 6.92 Å². The van der Waals surface area contributed by atoms with Crippen molar-refractivity contribution in [2.24, 2.45) is 0 Å². The molecule has 3 aromatic rings. The van der Waals surface area contributed by atoms with Gasteiger partial charge in [0.15, 0.2) is 0 Å². The number of ether oxygens (including phenoxy) is 1. The first-order valence-corrected chi connectivity index (χ1v) is 11.0. The summed E-state index contributed by atoms with van der Waals surface area (Å²) in [7, 11) is 4.08. The molecule has 4 nitrogen and oxygen atoms in total. The molecule has 1 unspecified atom stereocenters. The second kappa shape index (κ2) is 9.60. The Morgan fingerprint density at radius 3 is 2.41 bits per heavy atom. The lowest BCUT2D eigenvalue weighted by Crippen LogP contribution is -2.23. The lowest BCUT2D eigenvalue weighted by molar-refractivity contribution is -0.274. The van der Waals surface area contributed by atoms with Crippen LogP contribution in [-0.2, 0) is 24.4 Å². The van der Waals surface area contributed by atoms with E-state index in [-0.39, 0.29) is 5.75 Å². The van der Waals surface area contributed by atoms with Crippen molar-refractivity contribution in [2.45, 2.75) is 39.0 Å². The third kappa shape index (κ3) is 5.48. The summed E-state index contributed by atoms with van der Waals surface area (Å²) < 4.78 is 41.2. The van der Waals surface area contributed by atoms with Crippen LogP contribution >= 0.6 is 0 Å². The summed E-state index contributed by atoms with van der Waals surface area (Å²) in [5, 5.41) is 0. The van der Waals surface area contributed by atoms with Gasteiger partial charge >= 0.3 is 6.36 Å². The fourth-order valence-corrected chi connectivity index (χ4v) is 4.65. The summed E-state index contributed by atoms with van der Waals surface area (Å²) in [4.78, 5) is 16.2. The third-order valence-electron chi connectivity index (χ3n) is 5.97. The largest absolute Gasteiger partial charge is 0.573 e. The first kappa shape index (κ1) is 24.0. The highest BCUT2D eigenvalue weighted by molar-refractivity contribution is 5.72. The first-order valence-electron chi connectivity index (χ1n) is 11.0. The molecule has 0 saturated heterocycles. The van der Waals surface area contributed by atoms with Crippen LogP contribution in [-0.4, -0.2) is 36.5 Å². The highest BCUT2D eigenvalue weighted by Gasteiger charge is 2.33. The zero-order valence-corrected chi connectivity index (χ0v) is 19.4. The van der Waals surface area contributed by atoms with E-state index < -0.39 is 12.4 Å². The van der Waals surface area contributed by atoms with E-state index in [0.717, 1.165) is 46.2 Å². The number of rotatable bonds is 7. The van der Waals surface area contributed by atoms with Crippen LogP contribution < -0.4 is 4.74 Å². The molecule has 7 heteroatoms. The Hall–Kier alpha value is -3.16. The van der Waals surface area contributed by atoms with Crippen LogP contribution in [0.25, 0.3) is 11.1 Å². The molecule has 0 saturated carbocycles. The van der Waals surface area contributed by atoms with Gasteiger partial charge < -0.3 is 14.4 Å². The smallest absolute Gasteiger partial charge is 0.406 e. The average Bonchev–Trinajstić information content (AvgIpc) is 3.11. The fraction of sp³-hybridized carbons (Fsp3) is 0.296. The van der Waals surface area contributed by atoms with E-state index in [0.29, 0.717) is 13.1 Å². The Bertz CT molecular complexity index is 1170. The molecule has 0 fully saturated rings. The number of carbonyl (C=O) groups is 1. The molecule has 1 heterocycles. The molecule has 1 aliphatic heterocycles. The number of hydrogen-bond donors (Lipinski definition) is 0. The molecule has 0 spiro atoms. The van der Waals surface area contributed by atoms with Crippen molar-refractivity contribution in [1.29, 1.82) is 0 Å². The third-order valence-corrected chi connectivity index (χ3v) is 5.97. The van der Waals surface area contributed by atoms with Crippen LogP contribution in [0.4, 0.5) is 13.2 Å². The molecule has 1 aliphatic rings. The number of benzene rings is 3. The van der Waals surface area contributed by atoms with Crippen LogP contribution in [0.2, 0.25) is 0 Å². The predicted molar refractivity (Wildman–Crippen MR) is 125 cm³/mol. The minimum Gasteiger partial charge on any atom is -0.406 e. The van der Waals surface area contributed by atoms with Gasteiger partial charge in [0.2, 0.25) is 0 Å². The van der Waals surface area contributed by atoms with Gasteiger partial charge in [-0.25, -0.2) is 0 Å². The summed E-state index contributed by atoms with van der Waals surface area (Å²) in [5.74, 6) is -0.259. The number of fused-ring (bicyclic) bond motifs is 1. The maximum Gasteiger partial charge on any atom is 0.573 e. The van der Waals surface area contributed by atoms with Crippen molar-refractivity contribution in [1.82, 2.24) is 9.80 Å². The zero-order valence-electron chi connectivity index (χ0n) is 19.4. The van der Waals surface area contributed by atoms with Gasteiger partial charge in [0.25, 0.3) is 0 Å². The van der Waals surface area contributed by atoms with Crippen molar-refractivity contribution < 1.29 is 22.7 Å². The molecule has 0 aromatic heterocycles. The molecule has 0 N–H and O–H groups in total. The normalized spacial score (nSPS) is 16.0. The highest BCUT2D eigenvalue weighted by Crippen LogP contribution is 2.39. The van der Waals surface area contributed by atoms with Crippen molar-refractivity contribution in [2.75, 3.05) is 14.1 Å². The number of aryl methyl sites for hydroxylation is 1. The Labute approximate surface area is 197 Å². The molecule has 0 bridgehead atoms. The molecule has 0 aliphatic carbocycles. The van der Waals surface area contributed by atoms with Gasteiger partial charge in [0.05, 0.1) is 6.04 Å². The van der Waals surface area contributed by atoms with Gasteiger partial charge in [-0.05, 0) is 84.2 Å². The standard InChI is InChI=1S/C27H27F3N2O2/c1-18-11-22(21-6-4-5-20(12-21)14-31(2)3)13-23-16-32(25(17-33)26(18)23)15-19-7-9-24(10-8-19)34-27(28,29)30/h4-13,17,25H,14-16H2,1-3H3. The van der Waals surface area contributed by atoms with E-state index in [1.807, 2.05) is 25.9 Å². The van der Waals surface area contributed by atoms with E-state index in [1.165, 1.54) is 17.7 Å². The summed E-state index contributed by atoms with van der Waals surface area (Å²) in [5.41, 5.74) is 7.44. The molecule has 178 valence electrons. The molecular formula is C27H27F3N2O2. The Morgan fingerprint density at radius 2 is 1.76 bits per heavy atom. The minimum atomic E-state index is -4.72. The van der Waals surface area contributed by atoms with Gasteiger partial charge in [-0.2, -0.15) is 0 Å². The molecule has 4 rings (SSSR count). The predicted octanol–water partition coefficient (Wildman–Crippen LogP) is 5.88. The number of hydrogen-bond acceptors (Lipinski definition) is 4. The van der Waals surface area contributed by atoms with E-state index in [1.54, 1.807) is 12.1 Å². The lowest BCUT2D eigenvalue weighted by atomic mass is 9.93. The van der Waals surface area contributed by atoms with E-state index >= 15 is 0 Å². The summed E-state index contributed by atoms with van der Waals surface area (Å²) in [6.45, 7) is 3.91. The molecule has 34 heavy (non-hydrogen) atoms. The van der Waals surface area contributed by atoms with E-state index in [4.69, 9.17) is 0 Å². The molecule has 1 atom stereocenters. The Balaban J connectivity index is 1.56. The molecule has 0 amide bonds. The summed E-state index contributed by atoms with van der Waals surface area (Å²) in [6.07, 6.45) is -3.78. The van der Waals surface area contributed by atoms with Crippen LogP contribution in [0.5, 0.6) is 5.75 Å². The van der Waals surface area contributed by atoms with Crippen molar-refractivity contribution in [3.8, 4) is 16.9 Å². The van der Waals surface area contributed by atoms with Gasteiger partial charge in [0, 0.05) is 19.6 Å². The van der Waals surface area contributed by atoms with Crippen LogP contribution in [0.1, 0.15) is 33.9 Å². The first-order chi connectivity index (χ1) is 16.1. The number of halogens is 3. The zero-order chi connectivity index (χ0) is 24.5. The van der Waals surface area contributed by atoms with Crippen molar-refractivity contribution in [3.63, 3.8) is 0 Å². The van der Waals surface area contributed by atoms with Gasteiger partial charge in [-0.1, -0.05) is 36.4 Å². The monoisotopic (exact) mass is 468 g/mol. The quantitative estimate of drug-likeness (QED) is 0.406. The number of nitrogens with zero attached hydrogens (tertiary/aromatic N) is 2. The molecule has 0 radical (unpaired) electrons. The minimum absolute atomic E-state index is 0.259. The summed E-state index contributed by atoms with van der Waals surface area (Å²) >= 11 is 0. The van der Waals surface area contributed by atoms with E-state index in [9.17, 15) is 18.0 Å². The maximum atomic E-state index is 12.4. The fourth-order valence-electron chi connectivity index (χ4n) is 4.65. The second-order valence-corrected chi connectivity index (χ2v) is 8.98. The summed E-state index contributed by atoms with van der Waals surface area (Å²) in [6, 6.07) is 18.1. The second-order valence-electron chi connectivity index (χ2n) is 8.98. The van der Waals surface area contributed by atoms with Crippen LogP contribution in [0.3, 0.4) is 0 Å². The number of carbonyl (C=O) groups excluding carboxylic acids is 1. The SMILES string of the molecule is Cc1cc(-c2cccc(CN(C)C)c2)cc2c1C(C=O)N(Cc1ccc(OC(F)(F)F)cc1)C2. The highest BCUT2D eigenvalue weighted by atomic mass is 19.4. The lowest BCUT2D eigenvalue weighted by Gasteiger charge is -2.21. The maximum absolute atomic E-state index is 12.4. The van der Waals surface area contributed by atoms with Crippen LogP contribution in [0.15, 0.2) is 60.7 Å². The van der Waals surface area contributed by atoms with Gasteiger partial charge in [-0.15, -0.1) is 13.2 Å². The van der Waals surface area contributed by atoms with E-state index in [2.05, 4.69) is 46.0 Å². The number of aldehydes is 1. The average molecular weight is 469 g/mol. The molecular weight excluding hydrogens is 441 g/mol. The van der Waals surface area contributed by atoms with Gasteiger partial charge in [-0.3, -0.25) is 4.90 Å². The molecule has 3 aromatic carbocycles. The van der Waals surface area contributed by atoms with Gasteiger partial charge in [0.1, 0.15) is 12.0 Å². The number of alkyl halides is 3. The van der Waals surface area contributed by atoms with Crippen molar-refractivity contribution >= 4 is 6.29 Å². The Morgan fingerprint density at radius 1 is 1.03 bits per heavy atom. The Kier molecular flexibility index (Phi) is 6.77.